The van der Waals surface area contributed by atoms with E-state index in [9.17, 15) is 10.2 Å². The van der Waals surface area contributed by atoms with Gasteiger partial charge in [0.1, 0.15) is 17.2 Å². The molecule has 0 spiro atoms. The minimum atomic E-state index is 0.110. The Morgan fingerprint density at radius 3 is 2.44 bits per heavy atom. The Labute approximate surface area is 93.6 Å². The molecule has 0 fully saturated rings. The number of rotatable bonds is 2. The van der Waals surface area contributed by atoms with Crippen LogP contribution in [0.25, 0.3) is 11.1 Å². The summed E-state index contributed by atoms with van der Waals surface area (Å²) in [6.45, 7) is 0. The lowest BCUT2D eigenvalue weighted by Gasteiger charge is -2.10. The van der Waals surface area contributed by atoms with Crippen molar-refractivity contribution >= 4 is 0 Å². The standard InChI is InChI=1S/C13H12O3/c1-16-13-5-3-2-4-10(13)11-8-9(14)6-7-12(11)15/h2-8,14-15H,1H3. The molecule has 0 aliphatic carbocycles. The largest absolute Gasteiger partial charge is 0.508 e. The summed E-state index contributed by atoms with van der Waals surface area (Å²) in [5.41, 5.74) is 1.30. The van der Waals surface area contributed by atoms with Gasteiger partial charge in [0.05, 0.1) is 7.11 Å². The third-order valence-corrected chi connectivity index (χ3v) is 2.38. The van der Waals surface area contributed by atoms with Gasteiger partial charge in [-0.05, 0) is 24.3 Å². The average molecular weight is 216 g/mol. The van der Waals surface area contributed by atoms with Gasteiger partial charge in [-0.1, -0.05) is 18.2 Å². The van der Waals surface area contributed by atoms with E-state index in [1.165, 1.54) is 18.2 Å². The van der Waals surface area contributed by atoms with Gasteiger partial charge in [0.2, 0.25) is 0 Å². The molecule has 0 amide bonds. The zero-order valence-corrected chi connectivity index (χ0v) is 8.84. The second-order valence-corrected chi connectivity index (χ2v) is 3.40. The van der Waals surface area contributed by atoms with E-state index >= 15 is 0 Å². The molecule has 0 atom stereocenters. The van der Waals surface area contributed by atoms with Gasteiger partial charge in [-0.3, -0.25) is 0 Å². The maximum Gasteiger partial charge on any atom is 0.126 e. The van der Waals surface area contributed by atoms with E-state index in [1.54, 1.807) is 13.2 Å². The fraction of sp³-hybridized carbons (Fsp3) is 0.0769. The predicted octanol–water partition coefficient (Wildman–Crippen LogP) is 2.77. The van der Waals surface area contributed by atoms with Crippen LogP contribution in [0.15, 0.2) is 42.5 Å². The van der Waals surface area contributed by atoms with E-state index in [0.29, 0.717) is 11.3 Å². The Balaban J connectivity index is 2.62. The Bertz CT molecular complexity index is 506. The fourth-order valence-electron chi connectivity index (χ4n) is 1.61. The number of para-hydroxylation sites is 1. The maximum absolute atomic E-state index is 9.74. The van der Waals surface area contributed by atoms with Crippen molar-refractivity contribution in [2.75, 3.05) is 7.11 Å². The summed E-state index contributed by atoms with van der Waals surface area (Å²) in [6.07, 6.45) is 0. The molecular formula is C13H12O3. The number of aromatic hydroxyl groups is 2. The molecule has 0 heterocycles. The van der Waals surface area contributed by atoms with E-state index in [1.807, 2.05) is 18.2 Å². The summed E-state index contributed by atoms with van der Waals surface area (Å²) >= 11 is 0. The maximum atomic E-state index is 9.74. The summed E-state index contributed by atoms with van der Waals surface area (Å²) in [7, 11) is 1.57. The van der Waals surface area contributed by atoms with Gasteiger partial charge in [-0.25, -0.2) is 0 Å². The third kappa shape index (κ3) is 1.80. The molecule has 2 aromatic rings. The molecule has 2 N–H and O–H groups in total. The van der Waals surface area contributed by atoms with Crippen LogP contribution in [0.5, 0.6) is 17.2 Å². The van der Waals surface area contributed by atoms with E-state index in [4.69, 9.17) is 4.74 Å². The van der Waals surface area contributed by atoms with E-state index < -0.39 is 0 Å². The number of phenolic OH excluding ortho intramolecular Hbond substituents is 2. The van der Waals surface area contributed by atoms with Crippen molar-refractivity contribution in [2.24, 2.45) is 0 Å². The molecule has 0 aliphatic rings. The lowest BCUT2D eigenvalue weighted by Crippen LogP contribution is -1.87. The number of hydrogen-bond acceptors (Lipinski definition) is 3. The van der Waals surface area contributed by atoms with Crippen LogP contribution < -0.4 is 4.74 Å². The number of benzene rings is 2. The van der Waals surface area contributed by atoms with Gasteiger partial charge in [-0.15, -0.1) is 0 Å². The highest BCUT2D eigenvalue weighted by Crippen LogP contribution is 2.37. The molecule has 2 rings (SSSR count). The minimum Gasteiger partial charge on any atom is -0.508 e. The van der Waals surface area contributed by atoms with Crippen molar-refractivity contribution in [3.8, 4) is 28.4 Å². The summed E-state index contributed by atoms with van der Waals surface area (Å²) in [4.78, 5) is 0. The van der Waals surface area contributed by atoms with Crippen molar-refractivity contribution < 1.29 is 14.9 Å². The van der Waals surface area contributed by atoms with Gasteiger partial charge >= 0.3 is 0 Å². The van der Waals surface area contributed by atoms with Crippen LogP contribution in [0.4, 0.5) is 0 Å². The molecule has 0 radical (unpaired) electrons. The van der Waals surface area contributed by atoms with Crippen molar-refractivity contribution in [3.05, 3.63) is 42.5 Å². The highest BCUT2D eigenvalue weighted by Gasteiger charge is 2.09. The Morgan fingerprint density at radius 2 is 1.69 bits per heavy atom. The fourth-order valence-corrected chi connectivity index (χ4v) is 1.61. The minimum absolute atomic E-state index is 0.110. The Hall–Kier alpha value is -2.16. The van der Waals surface area contributed by atoms with Gasteiger partial charge in [-0.2, -0.15) is 0 Å². The molecule has 16 heavy (non-hydrogen) atoms. The van der Waals surface area contributed by atoms with Crippen LogP contribution in [0.3, 0.4) is 0 Å². The molecule has 0 aliphatic heterocycles. The van der Waals surface area contributed by atoms with Crippen molar-refractivity contribution in [1.29, 1.82) is 0 Å². The summed E-state index contributed by atoms with van der Waals surface area (Å²) < 4.78 is 5.20. The molecule has 0 bridgehead atoms. The molecule has 0 unspecified atom stereocenters. The first-order valence-corrected chi connectivity index (χ1v) is 4.87. The summed E-state index contributed by atoms with van der Waals surface area (Å²) in [6, 6.07) is 11.7. The molecule has 3 nitrogen and oxygen atoms in total. The first-order valence-electron chi connectivity index (χ1n) is 4.87. The van der Waals surface area contributed by atoms with Crippen LogP contribution in [0.2, 0.25) is 0 Å². The second-order valence-electron chi connectivity index (χ2n) is 3.40. The molecular weight excluding hydrogens is 204 g/mol. The molecule has 82 valence electrons. The number of ether oxygens (including phenoxy) is 1. The molecule has 0 saturated heterocycles. The normalized spacial score (nSPS) is 10.1. The first kappa shape index (κ1) is 10.4. The van der Waals surface area contributed by atoms with Crippen LogP contribution in [0, 0.1) is 0 Å². The van der Waals surface area contributed by atoms with Crippen molar-refractivity contribution in [2.45, 2.75) is 0 Å². The highest BCUT2D eigenvalue weighted by atomic mass is 16.5. The zero-order chi connectivity index (χ0) is 11.5. The number of phenols is 2. The molecule has 3 heteroatoms. The highest BCUT2D eigenvalue weighted by molar-refractivity contribution is 5.76. The van der Waals surface area contributed by atoms with Gasteiger partial charge in [0.15, 0.2) is 0 Å². The van der Waals surface area contributed by atoms with Crippen molar-refractivity contribution in [1.82, 2.24) is 0 Å². The van der Waals surface area contributed by atoms with Crippen LogP contribution >= 0.6 is 0 Å². The SMILES string of the molecule is COc1ccccc1-c1cc(O)ccc1O. The third-order valence-electron chi connectivity index (χ3n) is 2.38. The number of methoxy groups -OCH3 is 1. The smallest absolute Gasteiger partial charge is 0.126 e. The average Bonchev–Trinajstić information content (AvgIpc) is 2.32. The van der Waals surface area contributed by atoms with E-state index in [0.717, 1.165) is 5.56 Å². The Morgan fingerprint density at radius 1 is 0.938 bits per heavy atom. The van der Waals surface area contributed by atoms with Crippen LogP contribution in [-0.2, 0) is 0 Å². The lowest BCUT2D eigenvalue weighted by molar-refractivity contribution is 0.415. The number of hydrogen-bond donors (Lipinski definition) is 2. The van der Waals surface area contributed by atoms with E-state index in [2.05, 4.69) is 0 Å². The van der Waals surface area contributed by atoms with Gasteiger partial charge < -0.3 is 14.9 Å². The molecule has 0 saturated carbocycles. The Kier molecular flexibility index (Phi) is 2.68. The first-order chi connectivity index (χ1) is 7.72. The molecule has 0 aromatic heterocycles. The van der Waals surface area contributed by atoms with Gasteiger partial charge in [0.25, 0.3) is 0 Å². The quantitative estimate of drug-likeness (QED) is 0.759. The van der Waals surface area contributed by atoms with Gasteiger partial charge in [0, 0.05) is 11.1 Å². The summed E-state index contributed by atoms with van der Waals surface area (Å²) in [5, 5.41) is 19.2. The van der Waals surface area contributed by atoms with Crippen LogP contribution in [-0.4, -0.2) is 17.3 Å². The summed E-state index contributed by atoms with van der Waals surface area (Å²) in [5.74, 6) is 0.879. The monoisotopic (exact) mass is 216 g/mol. The lowest BCUT2D eigenvalue weighted by atomic mass is 10.0. The topological polar surface area (TPSA) is 49.7 Å². The second kappa shape index (κ2) is 4.14. The zero-order valence-electron chi connectivity index (χ0n) is 8.84. The van der Waals surface area contributed by atoms with Crippen LogP contribution in [0.1, 0.15) is 0 Å². The van der Waals surface area contributed by atoms with E-state index in [-0.39, 0.29) is 11.5 Å². The van der Waals surface area contributed by atoms with Crippen molar-refractivity contribution in [3.63, 3.8) is 0 Å². The molecule has 2 aromatic carbocycles. The predicted molar refractivity (Wildman–Crippen MR) is 61.8 cm³/mol.